The van der Waals surface area contributed by atoms with Gasteiger partial charge in [0.05, 0.1) is 0 Å². The van der Waals surface area contributed by atoms with Crippen LogP contribution in [0.15, 0.2) is 0 Å². The molecule has 0 atom stereocenters. The summed E-state index contributed by atoms with van der Waals surface area (Å²) in [6.07, 6.45) is -4.91. The quantitative estimate of drug-likeness (QED) is 0.429. The first-order chi connectivity index (χ1) is 3.95. The molecule has 0 heterocycles. The second-order valence-corrected chi connectivity index (χ2v) is 1.32. The number of halogens is 4. The van der Waals surface area contributed by atoms with Crippen molar-refractivity contribution in [2.24, 2.45) is 0 Å². The third-order valence-corrected chi connectivity index (χ3v) is 0.557. The van der Waals surface area contributed by atoms with Crippen LogP contribution in [0.25, 0.3) is 0 Å². The Morgan fingerprint density at radius 3 is 2.11 bits per heavy atom. The second-order valence-electron chi connectivity index (χ2n) is 1.05. The Balaban J connectivity index is 3.60. The topological polar surface area (TPSA) is 26.3 Å². The molecule has 0 aromatic heterocycles. The van der Waals surface area contributed by atoms with Crippen molar-refractivity contribution in [2.45, 2.75) is 6.36 Å². The fraction of sp³-hybridized carbons (Fsp3) is 0.667. The number of carbonyl (C=O) groups excluding carboxylic acids is 1. The predicted octanol–water partition coefficient (Wildman–Crippen LogP) is 1.29. The molecule has 0 aromatic carbocycles. The summed E-state index contributed by atoms with van der Waals surface area (Å²) in [4.78, 5) is 9.75. The van der Waals surface area contributed by atoms with Gasteiger partial charge in [-0.2, -0.15) is 0 Å². The van der Waals surface area contributed by atoms with Crippen molar-refractivity contribution in [3.05, 3.63) is 0 Å². The minimum absolute atomic E-state index is 0.792. The van der Waals surface area contributed by atoms with Crippen LogP contribution < -0.4 is 0 Å². The van der Waals surface area contributed by atoms with E-state index in [9.17, 15) is 18.0 Å². The number of esters is 1. The smallest absolute Gasteiger partial charge is 0.372 e. The van der Waals surface area contributed by atoms with E-state index in [1.165, 1.54) is 0 Å². The molecular weight excluding hydrogens is 160 g/mol. The maximum absolute atomic E-state index is 11.0. The summed E-state index contributed by atoms with van der Waals surface area (Å²) in [5, 5.41) is 0. The molecule has 54 valence electrons. The standard InChI is InChI=1S/C3H2ClF3O2/c4-1-2(8)9-3(5,6)7/h1H2. The van der Waals surface area contributed by atoms with Crippen LogP contribution in [-0.2, 0) is 9.53 Å². The molecule has 0 aromatic rings. The average Bonchev–Trinajstić information content (AvgIpc) is 1.62. The van der Waals surface area contributed by atoms with E-state index < -0.39 is 18.2 Å². The molecule has 0 unspecified atom stereocenters. The molecule has 0 aliphatic carbocycles. The SMILES string of the molecule is O=C(CCl)OC(F)(F)F. The van der Waals surface area contributed by atoms with Gasteiger partial charge in [-0.1, -0.05) is 0 Å². The Hall–Kier alpha value is -0.450. The Bertz CT molecular complexity index is 110. The van der Waals surface area contributed by atoms with Crippen molar-refractivity contribution in [1.29, 1.82) is 0 Å². The molecule has 0 saturated heterocycles. The highest BCUT2D eigenvalue weighted by Gasteiger charge is 2.33. The Labute approximate surface area is 53.5 Å². The minimum atomic E-state index is -4.91. The van der Waals surface area contributed by atoms with Crippen LogP contribution in [-0.4, -0.2) is 18.2 Å². The summed E-state index contributed by atoms with van der Waals surface area (Å²) in [5.41, 5.74) is 0. The van der Waals surface area contributed by atoms with Gasteiger partial charge in [0.1, 0.15) is 5.88 Å². The van der Waals surface area contributed by atoms with Crippen LogP contribution in [0.1, 0.15) is 0 Å². The van der Waals surface area contributed by atoms with Gasteiger partial charge in [0.2, 0.25) is 0 Å². The molecule has 0 rings (SSSR count). The number of rotatable bonds is 1. The van der Waals surface area contributed by atoms with Crippen molar-refractivity contribution >= 4 is 17.6 Å². The van der Waals surface area contributed by atoms with Crippen molar-refractivity contribution in [3.63, 3.8) is 0 Å². The van der Waals surface area contributed by atoms with Crippen LogP contribution in [0.5, 0.6) is 0 Å². The normalized spacial score (nSPS) is 11.1. The van der Waals surface area contributed by atoms with Crippen LogP contribution in [0.3, 0.4) is 0 Å². The lowest BCUT2D eigenvalue weighted by atomic mass is 10.8. The largest absolute Gasteiger partial charge is 0.575 e. The highest BCUT2D eigenvalue weighted by Crippen LogP contribution is 2.16. The van der Waals surface area contributed by atoms with E-state index in [0.717, 1.165) is 0 Å². The van der Waals surface area contributed by atoms with Gasteiger partial charge >= 0.3 is 12.3 Å². The van der Waals surface area contributed by atoms with Gasteiger partial charge in [0.25, 0.3) is 0 Å². The summed E-state index contributed by atoms with van der Waals surface area (Å²) in [6.45, 7) is 0. The van der Waals surface area contributed by atoms with E-state index in [-0.39, 0.29) is 0 Å². The van der Waals surface area contributed by atoms with Crippen LogP contribution >= 0.6 is 11.6 Å². The van der Waals surface area contributed by atoms with Crippen molar-refractivity contribution in [1.82, 2.24) is 0 Å². The van der Waals surface area contributed by atoms with Crippen LogP contribution in [0.2, 0.25) is 0 Å². The van der Waals surface area contributed by atoms with E-state index in [0.29, 0.717) is 0 Å². The minimum Gasteiger partial charge on any atom is -0.372 e. The number of carbonyl (C=O) groups is 1. The fourth-order valence-electron chi connectivity index (χ4n) is 0.156. The Kier molecular flexibility index (Phi) is 2.76. The van der Waals surface area contributed by atoms with Crippen LogP contribution in [0, 0.1) is 0 Å². The zero-order valence-corrected chi connectivity index (χ0v) is 4.79. The molecule has 6 heteroatoms. The Morgan fingerprint density at radius 2 is 2.00 bits per heavy atom. The zero-order chi connectivity index (χ0) is 7.49. The van der Waals surface area contributed by atoms with Gasteiger partial charge < -0.3 is 4.74 Å². The van der Waals surface area contributed by atoms with Gasteiger partial charge in [-0.05, 0) is 0 Å². The molecule has 0 N–H and O–H groups in total. The highest BCUT2D eigenvalue weighted by atomic mass is 35.5. The maximum atomic E-state index is 11.0. The van der Waals surface area contributed by atoms with E-state index in [4.69, 9.17) is 0 Å². The molecule has 0 spiro atoms. The van der Waals surface area contributed by atoms with Gasteiger partial charge in [-0.15, -0.1) is 24.8 Å². The molecule has 0 saturated carbocycles. The van der Waals surface area contributed by atoms with E-state index in [1.807, 2.05) is 0 Å². The first-order valence-corrected chi connectivity index (χ1v) is 2.33. The highest BCUT2D eigenvalue weighted by molar-refractivity contribution is 6.26. The van der Waals surface area contributed by atoms with E-state index >= 15 is 0 Å². The van der Waals surface area contributed by atoms with Gasteiger partial charge in [0, 0.05) is 0 Å². The van der Waals surface area contributed by atoms with Crippen molar-refractivity contribution in [2.75, 3.05) is 5.88 Å². The fourth-order valence-corrected chi connectivity index (χ4v) is 0.211. The number of hydrogen-bond acceptors (Lipinski definition) is 2. The molecule has 0 bridgehead atoms. The lowest BCUT2D eigenvalue weighted by molar-refractivity contribution is -0.304. The molecule has 0 aliphatic heterocycles. The molecule has 9 heavy (non-hydrogen) atoms. The lowest BCUT2D eigenvalue weighted by Gasteiger charge is -2.03. The summed E-state index contributed by atoms with van der Waals surface area (Å²) < 4.78 is 35.8. The van der Waals surface area contributed by atoms with E-state index in [1.54, 1.807) is 0 Å². The van der Waals surface area contributed by atoms with E-state index in [2.05, 4.69) is 16.3 Å². The Morgan fingerprint density at radius 1 is 1.56 bits per heavy atom. The molecule has 0 aliphatic rings. The third kappa shape index (κ3) is 5.42. The molecular formula is C3H2ClF3O2. The third-order valence-electron chi connectivity index (χ3n) is 0.339. The number of alkyl halides is 4. The second kappa shape index (κ2) is 2.91. The first-order valence-electron chi connectivity index (χ1n) is 1.80. The summed E-state index contributed by atoms with van der Waals surface area (Å²) in [6, 6.07) is 0. The molecule has 0 radical (unpaired) electrons. The molecule has 2 nitrogen and oxygen atoms in total. The molecule has 0 fully saturated rings. The van der Waals surface area contributed by atoms with Gasteiger partial charge in [0.15, 0.2) is 0 Å². The summed E-state index contributed by atoms with van der Waals surface area (Å²) in [5.74, 6) is -2.29. The lowest BCUT2D eigenvalue weighted by Crippen LogP contribution is -2.19. The summed E-state index contributed by atoms with van der Waals surface area (Å²) >= 11 is 4.68. The summed E-state index contributed by atoms with van der Waals surface area (Å²) in [7, 11) is 0. The van der Waals surface area contributed by atoms with Crippen LogP contribution in [0.4, 0.5) is 13.2 Å². The first kappa shape index (κ1) is 8.55. The number of ether oxygens (including phenoxy) is 1. The van der Waals surface area contributed by atoms with Gasteiger partial charge in [-0.3, -0.25) is 4.79 Å². The number of hydrogen-bond donors (Lipinski definition) is 0. The average molecular weight is 162 g/mol. The van der Waals surface area contributed by atoms with Gasteiger partial charge in [-0.25, -0.2) is 0 Å². The zero-order valence-electron chi connectivity index (χ0n) is 4.04. The predicted molar refractivity (Wildman–Crippen MR) is 22.9 cm³/mol. The monoisotopic (exact) mass is 162 g/mol. The van der Waals surface area contributed by atoms with Crippen molar-refractivity contribution < 1.29 is 22.7 Å². The van der Waals surface area contributed by atoms with Crippen molar-refractivity contribution in [3.8, 4) is 0 Å². The maximum Gasteiger partial charge on any atom is 0.575 e. The molecule has 0 amide bonds.